The number of aryl methyl sites for hydroxylation is 3. The number of fused-ring (bicyclic) bond motifs is 2. The van der Waals surface area contributed by atoms with Crippen molar-refractivity contribution in [1.29, 1.82) is 5.41 Å². The zero-order valence-electron chi connectivity index (χ0n) is 11.1. The van der Waals surface area contributed by atoms with Crippen molar-refractivity contribution < 1.29 is 0 Å². The van der Waals surface area contributed by atoms with Crippen LogP contribution in [0.15, 0.2) is 12.1 Å². The Morgan fingerprint density at radius 3 is 2.72 bits per heavy atom. The van der Waals surface area contributed by atoms with E-state index in [0.29, 0.717) is 5.49 Å². The molecule has 3 rings (SSSR count). The van der Waals surface area contributed by atoms with Gasteiger partial charge in [-0.05, 0) is 49.9 Å². The summed E-state index contributed by atoms with van der Waals surface area (Å²) in [5.41, 5.74) is 4.12. The van der Waals surface area contributed by atoms with Gasteiger partial charge in [0.2, 0.25) is 0 Å². The van der Waals surface area contributed by atoms with Crippen LogP contribution in [0.2, 0.25) is 0 Å². The van der Waals surface area contributed by atoms with E-state index < -0.39 is 0 Å². The maximum atomic E-state index is 8.40. The third-order valence-electron chi connectivity index (χ3n) is 3.98. The highest BCUT2D eigenvalue weighted by atomic mass is 15.1. The van der Waals surface area contributed by atoms with Gasteiger partial charge in [-0.25, -0.2) is 4.98 Å². The maximum Gasteiger partial charge on any atom is 0.135 e. The molecule has 0 bridgehead atoms. The molecule has 0 spiro atoms. The van der Waals surface area contributed by atoms with Crippen molar-refractivity contribution in [3.05, 3.63) is 34.6 Å². The van der Waals surface area contributed by atoms with Gasteiger partial charge in [-0.2, -0.15) is 0 Å². The van der Waals surface area contributed by atoms with Gasteiger partial charge in [-0.3, -0.25) is 5.41 Å². The number of nitrogens with zero attached hydrogens (tertiary/aromatic N) is 2. The molecule has 18 heavy (non-hydrogen) atoms. The molecular weight excluding hydrogens is 222 g/mol. The molecule has 0 amide bonds. The summed E-state index contributed by atoms with van der Waals surface area (Å²) in [6.45, 7) is 5.16. The van der Waals surface area contributed by atoms with Crippen LogP contribution in [0.4, 0.5) is 0 Å². The van der Waals surface area contributed by atoms with Gasteiger partial charge in [0, 0.05) is 18.4 Å². The minimum atomic E-state index is 0.639. The Balaban J connectivity index is 2.35. The summed E-state index contributed by atoms with van der Waals surface area (Å²) >= 11 is 0. The monoisotopic (exact) mass is 241 g/mol. The van der Waals surface area contributed by atoms with Crippen LogP contribution in [0, 0.1) is 19.3 Å². The highest BCUT2D eigenvalue weighted by Gasteiger charge is 2.12. The van der Waals surface area contributed by atoms with Crippen LogP contribution >= 0.6 is 0 Å². The predicted octanol–water partition coefficient (Wildman–Crippen LogP) is 2.86. The first kappa shape index (κ1) is 11.5. The summed E-state index contributed by atoms with van der Waals surface area (Å²) in [7, 11) is 0. The van der Waals surface area contributed by atoms with Gasteiger partial charge in [-0.15, -0.1) is 0 Å². The molecule has 1 aromatic heterocycles. The van der Waals surface area contributed by atoms with E-state index in [0.717, 1.165) is 29.7 Å². The Labute approximate surface area is 107 Å². The fourth-order valence-corrected chi connectivity index (χ4v) is 2.72. The lowest BCUT2D eigenvalue weighted by atomic mass is 10.1. The Bertz CT molecular complexity index is 667. The average Bonchev–Trinajstić information content (AvgIpc) is 2.58. The van der Waals surface area contributed by atoms with E-state index in [4.69, 9.17) is 10.4 Å². The van der Waals surface area contributed by atoms with Crippen LogP contribution in [0.3, 0.4) is 0 Å². The molecule has 0 radical (unpaired) electrons. The Hall–Kier alpha value is -1.64. The van der Waals surface area contributed by atoms with E-state index in [-0.39, 0.29) is 0 Å². The van der Waals surface area contributed by atoms with E-state index in [1.807, 2.05) is 0 Å². The minimum Gasteiger partial charge on any atom is -0.314 e. The molecule has 2 aromatic rings. The quantitative estimate of drug-likeness (QED) is 0.757. The van der Waals surface area contributed by atoms with Gasteiger partial charge >= 0.3 is 0 Å². The predicted molar refractivity (Wildman–Crippen MR) is 72.6 cm³/mol. The van der Waals surface area contributed by atoms with Crippen LogP contribution in [0.25, 0.3) is 10.9 Å². The van der Waals surface area contributed by atoms with E-state index in [1.165, 1.54) is 30.4 Å². The molecule has 1 aromatic carbocycles. The zero-order valence-corrected chi connectivity index (χ0v) is 11.1. The Morgan fingerprint density at radius 2 is 1.89 bits per heavy atom. The van der Waals surface area contributed by atoms with Crippen LogP contribution in [-0.4, -0.2) is 9.55 Å². The lowest BCUT2D eigenvalue weighted by Gasteiger charge is -2.13. The zero-order chi connectivity index (χ0) is 12.7. The smallest absolute Gasteiger partial charge is 0.135 e. The van der Waals surface area contributed by atoms with Gasteiger partial charge in [0.1, 0.15) is 11.3 Å². The van der Waals surface area contributed by atoms with E-state index in [1.54, 1.807) is 0 Å². The Morgan fingerprint density at radius 1 is 1.11 bits per heavy atom. The molecule has 94 valence electrons. The lowest BCUT2D eigenvalue weighted by molar-refractivity contribution is 0.602. The first-order valence-electron chi connectivity index (χ1n) is 6.72. The van der Waals surface area contributed by atoms with Crippen LogP contribution in [0.5, 0.6) is 0 Å². The third-order valence-corrected chi connectivity index (χ3v) is 3.98. The highest BCUT2D eigenvalue weighted by Crippen LogP contribution is 2.18. The van der Waals surface area contributed by atoms with E-state index >= 15 is 0 Å². The Kier molecular flexibility index (Phi) is 2.69. The van der Waals surface area contributed by atoms with Gasteiger partial charge in [0.25, 0.3) is 0 Å². The summed E-state index contributed by atoms with van der Waals surface area (Å²) in [6.07, 6.45) is 4.62. The molecule has 0 atom stereocenters. The maximum absolute atomic E-state index is 8.40. The SMILES string of the molecule is Cc1cc2nc3n(c(=N)c2cc1C)CCCCC3. The number of benzene rings is 1. The normalized spacial score (nSPS) is 15.4. The van der Waals surface area contributed by atoms with Crippen LogP contribution in [-0.2, 0) is 13.0 Å². The van der Waals surface area contributed by atoms with Crippen molar-refractivity contribution in [2.45, 2.75) is 46.1 Å². The van der Waals surface area contributed by atoms with Crippen molar-refractivity contribution in [2.75, 3.05) is 0 Å². The standard InChI is InChI=1S/C15H19N3/c1-10-8-12-13(9-11(10)2)17-14-6-4-3-5-7-18(14)15(12)16/h8-9,16H,3-7H2,1-2H3. The van der Waals surface area contributed by atoms with Crippen molar-refractivity contribution in [3.63, 3.8) is 0 Å². The number of rotatable bonds is 0. The third kappa shape index (κ3) is 1.74. The van der Waals surface area contributed by atoms with Gasteiger partial charge in [0.05, 0.1) is 5.52 Å². The van der Waals surface area contributed by atoms with Crippen molar-refractivity contribution in [1.82, 2.24) is 9.55 Å². The first-order chi connectivity index (χ1) is 8.66. The summed E-state index contributed by atoms with van der Waals surface area (Å²) in [5, 5.41) is 9.39. The van der Waals surface area contributed by atoms with Crippen molar-refractivity contribution >= 4 is 10.9 Å². The molecular formula is C15H19N3. The molecule has 0 fully saturated rings. The van der Waals surface area contributed by atoms with Crippen LogP contribution < -0.4 is 5.49 Å². The summed E-state index contributed by atoms with van der Waals surface area (Å²) in [5.74, 6) is 1.09. The van der Waals surface area contributed by atoms with Crippen LogP contribution in [0.1, 0.15) is 36.2 Å². The fourth-order valence-electron chi connectivity index (χ4n) is 2.72. The molecule has 0 saturated carbocycles. The topological polar surface area (TPSA) is 41.7 Å². The molecule has 0 unspecified atom stereocenters. The lowest BCUT2D eigenvalue weighted by Crippen LogP contribution is -2.24. The number of nitrogens with one attached hydrogen (secondary N) is 1. The first-order valence-corrected chi connectivity index (χ1v) is 6.72. The van der Waals surface area contributed by atoms with Gasteiger partial charge in [-0.1, -0.05) is 6.42 Å². The molecule has 2 heterocycles. The van der Waals surface area contributed by atoms with Crippen molar-refractivity contribution in [2.24, 2.45) is 0 Å². The van der Waals surface area contributed by atoms with Gasteiger partial charge in [0.15, 0.2) is 0 Å². The van der Waals surface area contributed by atoms with Gasteiger partial charge < -0.3 is 4.57 Å². The molecule has 3 nitrogen and oxygen atoms in total. The van der Waals surface area contributed by atoms with E-state index in [9.17, 15) is 0 Å². The molecule has 0 saturated heterocycles. The van der Waals surface area contributed by atoms with E-state index in [2.05, 4.69) is 30.5 Å². The second-order valence-electron chi connectivity index (χ2n) is 5.29. The molecule has 1 aliphatic heterocycles. The summed E-state index contributed by atoms with van der Waals surface area (Å²) in [4.78, 5) is 4.78. The number of hydrogen-bond acceptors (Lipinski definition) is 2. The largest absolute Gasteiger partial charge is 0.314 e. The number of hydrogen-bond donors (Lipinski definition) is 1. The second-order valence-corrected chi connectivity index (χ2v) is 5.29. The molecule has 0 aliphatic carbocycles. The van der Waals surface area contributed by atoms with Crippen molar-refractivity contribution in [3.8, 4) is 0 Å². The summed E-state index contributed by atoms with van der Waals surface area (Å²) in [6, 6.07) is 4.23. The average molecular weight is 241 g/mol. The highest BCUT2D eigenvalue weighted by molar-refractivity contribution is 5.79. The summed E-state index contributed by atoms with van der Waals surface area (Å²) < 4.78 is 2.10. The molecule has 1 aliphatic rings. The molecule has 3 heteroatoms. The number of aromatic nitrogens is 2. The molecule has 1 N–H and O–H groups in total. The minimum absolute atomic E-state index is 0.639. The fraction of sp³-hybridized carbons (Fsp3) is 0.467. The second kappa shape index (κ2) is 4.23.